The Morgan fingerprint density at radius 2 is 2.06 bits per heavy atom. The largest absolute Gasteiger partial charge is 0.494 e. The van der Waals surface area contributed by atoms with E-state index in [0.29, 0.717) is 22.8 Å². The van der Waals surface area contributed by atoms with E-state index in [2.05, 4.69) is 30.9 Å². The molecule has 11 nitrogen and oxygen atoms in total. The number of benzene rings is 1. The number of amides is 1. The van der Waals surface area contributed by atoms with Crippen LogP contribution in [0.2, 0.25) is 0 Å². The molecule has 0 saturated heterocycles. The Balaban J connectivity index is 0.00000306. The topological polar surface area (TPSA) is 144 Å². The SMILES string of the molecule is COc1c(Nc2cc(NC(=O)C3CC3)nnc2C(=O)O)cccc1-c1ncn(CCF)n1.[Zn]. The van der Waals surface area contributed by atoms with Crippen LogP contribution in [-0.2, 0) is 30.8 Å². The zero-order valence-electron chi connectivity index (χ0n) is 17.8. The molecule has 2 heterocycles. The van der Waals surface area contributed by atoms with Crippen molar-refractivity contribution >= 4 is 29.1 Å². The number of nitrogens with one attached hydrogen (secondary N) is 2. The first-order valence-corrected chi connectivity index (χ1v) is 9.82. The summed E-state index contributed by atoms with van der Waals surface area (Å²) in [6.45, 7) is -0.499. The van der Waals surface area contributed by atoms with Gasteiger partial charge in [-0.3, -0.25) is 4.79 Å². The second-order valence-electron chi connectivity index (χ2n) is 7.09. The molecule has 1 aromatic carbocycles. The molecule has 1 aliphatic carbocycles. The zero-order valence-corrected chi connectivity index (χ0v) is 20.8. The van der Waals surface area contributed by atoms with Gasteiger partial charge in [0, 0.05) is 31.5 Å². The van der Waals surface area contributed by atoms with Crippen LogP contribution in [0.4, 0.5) is 21.6 Å². The van der Waals surface area contributed by atoms with Crippen LogP contribution in [0.3, 0.4) is 0 Å². The van der Waals surface area contributed by atoms with Crippen molar-refractivity contribution in [1.29, 1.82) is 0 Å². The predicted molar refractivity (Wildman–Crippen MR) is 112 cm³/mol. The van der Waals surface area contributed by atoms with E-state index in [1.54, 1.807) is 18.2 Å². The van der Waals surface area contributed by atoms with Crippen molar-refractivity contribution in [2.45, 2.75) is 19.4 Å². The number of carbonyl (C=O) groups is 2. The second-order valence-corrected chi connectivity index (χ2v) is 7.09. The van der Waals surface area contributed by atoms with Crippen molar-refractivity contribution in [1.82, 2.24) is 25.0 Å². The third-order valence-electron chi connectivity index (χ3n) is 4.78. The van der Waals surface area contributed by atoms with Gasteiger partial charge in [0.15, 0.2) is 23.1 Å². The van der Waals surface area contributed by atoms with Crippen molar-refractivity contribution in [2.24, 2.45) is 5.92 Å². The number of halogens is 1. The Hall–Kier alpha value is -3.47. The van der Waals surface area contributed by atoms with E-state index >= 15 is 0 Å². The molecule has 0 spiro atoms. The van der Waals surface area contributed by atoms with Crippen LogP contribution in [-0.4, -0.2) is 55.7 Å². The molecule has 0 unspecified atom stereocenters. The molecular weight excluding hydrogens is 487 g/mol. The van der Waals surface area contributed by atoms with Crippen LogP contribution < -0.4 is 15.4 Å². The van der Waals surface area contributed by atoms with Crippen LogP contribution >= 0.6 is 0 Å². The number of methoxy groups -OCH3 is 1. The molecular formula is C20H20FN7O4Zn. The number of hydrogen-bond donors (Lipinski definition) is 3. The molecule has 3 aromatic rings. The maximum atomic E-state index is 12.6. The summed E-state index contributed by atoms with van der Waals surface area (Å²) in [4.78, 5) is 27.9. The Morgan fingerprint density at radius 1 is 1.27 bits per heavy atom. The summed E-state index contributed by atoms with van der Waals surface area (Å²) in [6.07, 6.45) is 3.05. The molecule has 33 heavy (non-hydrogen) atoms. The third-order valence-corrected chi connectivity index (χ3v) is 4.78. The van der Waals surface area contributed by atoms with Gasteiger partial charge in [0.1, 0.15) is 13.0 Å². The smallest absolute Gasteiger partial charge is 0.358 e. The van der Waals surface area contributed by atoms with Crippen molar-refractivity contribution in [2.75, 3.05) is 24.4 Å². The minimum Gasteiger partial charge on any atom is -0.494 e. The van der Waals surface area contributed by atoms with Gasteiger partial charge in [0.25, 0.3) is 0 Å². The number of para-hydroxylation sites is 1. The fraction of sp³-hybridized carbons (Fsp3) is 0.300. The first kappa shape index (κ1) is 24.2. The van der Waals surface area contributed by atoms with E-state index in [1.807, 2.05) is 0 Å². The van der Waals surface area contributed by atoms with E-state index in [9.17, 15) is 19.1 Å². The molecule has 168 valence electrons. The van der Waals surface area contributed by atoms with Crippen LogP contribution in [0, 0.1) is 5.92 Å². The van der Waals surface area contributed by atoms with Crippen LogP contribution in [0.25, 0.3) is 11.4 Å². The molecule has 3 N–H and O–H groups in total. The number of hydrogen-bond acceptors (Lipinski definition) is 8. The van der Waals surface area contributed by atoms with Crippen molar-refractivity contribution in [3.8, 4) is 17.1 Å². The molecule has 1 aliphatic rings. The number of alkyl halides is 1. The van der Waals surface area contributed by atoms with E-state index < -0.39 is 12.6 Å². The first-order valence-electron chi connectivity index (χ1n) is 9.82. The quantitative estimate of drug-likeness (QED) is 0.373. The van der Waals surface area contributed by atoms with Gasteiger partial charge >= 0.3 is 5.97 Å². The number of anilines is 3. The summed E-state index contributed by atoms with van der Waals surface area (Å²) in [6, 6.07) is 6.51. The molecule has 0 aliphatic heterocycles. The summed E-state index contributed by atoms with van der Waals surface area (Å²) in [7, 11) is 1.45. The van der Waals surface area contributed by atoms with E-state index in [-0.39, 0.29) is 55.0 Å². The maximum Gasteiger partial charge on any atom is 0.358 e. The average molecular weight is 507 g/mol. The number of aromatic nitrogens is 5. The van der Waals surface area contributed by atoms with Gasteiger partial charge in [0.05, 0.1) is 30.6 Å². The number of carboxylic acid groups (broad SMARTS) is 1. The number of aromatic carboxylic acids is 1. The van der Waals surface area contributed by atoms with Gasteiger partial charge in [-0.2, -0.15) is 5.10 Å². The number of carboxylic acids is 1. The van der Waals surface area contributed by atoms with Crippen molar-refractivity contribution < 1.29 is 43.3 Å². The summed E-state index contributed by atoms with van der Waals surface area (Å²) in [5.74, 6) is -0.709. The Kier molecular flexibility index (Phi) is 7.64. The minimum absolute atomic E-state index is 0. The molecule has 1 saturated carbocycles. The second kappa shape index (κ2) is 10.4. The van der Waals surface area contributed by atoms with E-state index in [4.69, 9.17) is 4.74 Å². The van der Waals surface area contributed by atoms with Crippen molar-refractivity contribution in [3.63, 3.8) is 0 Å². The summed E-state index contributed by atoms with van der Waals surface area (Å²) in [5.41, 5.74) is 0.732. The number of nitrogens with zero attached hydrogens (tertiary/aromatic N) is 5. The summed E-state index contributed by atoms with van der Waals surface area (Å²) >= 11 is 0. The van der Waals surface area contributed by atoms with Gasteiger partial charge in [-0.1, -0.05) is 6.07 Å². The van der Waals surface area contributed by atoms with Gasteiger partial charge in [-0.05, 0) is 25.0 Å². The maximum absolute atomic E-state index is 12.6. The fourth-order valence-electron chi connectivity index (χ4n) is 3.07. The molecule has 1 amide bonds. The number of carbonyl (C=O) groups excluding carboxylic acids is 1. The summed E-state index contributed by atoms with van der Waals surface area (Å²) < 4.78 is 19.5. The van der Waals surface area contributed by atoms with Crippen LogP contribution in [0.1, 0.15) is 23.3 Å². The predicted octanol–water partition coefficient (Wildman–Crippen LogP) is 2.50. The van der Waals surface area contributed by atoms with Crippen molar-refractivity contribution in [3.05, 3.63) is 36.3 Å². The zero-order chi connectivity index (χ0) is 22.7. The molecule has 13 heteroatoms. The van der Waals surface area contributed by atoms with E-state index in [1.165, 1.54) is 24.2 Å². The monoisotopic (exact) mass is 505 g/mol. The molecule has 0 radical (unpaired) electrons. The Bertz CT molecular complexity index is 1170. The standard InChI is InChI=1S/C20H20FN7O4.Zn/c1-32-17-12(18-22-10-28(27-18)8-7-21)3-2-4-13(17)23-14-9-15(24-19(29)11-5-6-11)25-26-16(14)20(30)31;/h2-4,9-11H,5-8H2,1H3,(H,30,31)(H2,23,24,25,29);. The summed E-state index contributed by atoms with van der Waals surface area (Å²) in [5, 5.41) is 26.9. The molecule has 0 atom stereocenters. The molecule has 4 rings (SSSR count). The normalized spacial score (nSPS) is 12.5. The Labute approximate surface area is 200 Å². The number of aryl methyl sites for hydroxylation is 1. The minimum atomic E-state index is -1.29. The van der Waals surface area contributed by atoms with Gasteiger partial charge in [0.2, 0.25) is 5.91 Å². The first-order chi connectivity index (χ1) is 15.5. The fourth-order valence-corrected chi connectivity index (χ4v) is 3.07. The average Bonchev–Trinajstić information content (AvgIpc) is 3.53. The Morgan fingerprint density at radius 3 is 2.73 bits per heavy atom. The molecule has 1 fully saturated rings. The number of rotatable bonds is 9. The number of ether oxygens (including phenoxy) is 1. The third kappa shape index (κ3) is 5.48. The van der Waals surface area contributed by atoms with Crippen LogP contribution in [0.5, 0.6) is 5.75 Å². The molecule has 2 aromatic heterocycles. The van der Waals surface area contributed by atoms with E-state index in [0.717, 1.165) is 12.8 Å². The molecule has 0 bridgehead atoms. The van der Waals surface area contributed by atoms with Crippen LogP contribution in [0.15, 0.2) is 30.6 Å². The van der Waals surface area contributed by atoms with Gasteiger partial charge in [-0.15, -0.1) is 10.2 Å². The van der Waals surface area contributed by atoms with Gasteiger partial charge in [-0.25, -0.2) is 18.9 Å². The van der Waals surface area contributed by atoms with Gasteiger partial charge < -0.3 is 20.5 Å².